The monoisotopic (exact) mass is 564 g/mol. The van der Waals surface area contributed by atoms with Crippen molar-refractivity contribution >= 4 is 56.8 Å². The van der Waals surface area contributed by atoms with Crippen LogP contribution >= 0.6 is 50.9 Å². The van der Waals surface area contributed by atoms with E-state index in [-0.39, 0.29) is 10.7 Å². The van der Waals surface area contributed by atoms with E-state index in [9.17, 15) is 4.79 Å². The van der Waals surface area contributed by atoms with Crippen molar-refractivity contribution in [1.29, 1.82) is 0 Å². The average molecular weight is 566 g/mol. The van der Waals surface area contributed by atoms with Crippen molar-refractivity contribution in [3.05, 3.63) is 68.2 Å². The van der Waals surface area contributed by atoms with Crippen LogP contribution in [0.5, 0.6) is 0 Å². The molecule has 1 amide bonds. The molecule has 2 aromatic carbocycles. The lowest BCUT2D eigenvalue weighted by atomic mass is 10.0. The Hall–Kier alpha value is -1.51. The number of piperidine rings is 1. The van der Waals surface area contributed by atoms with Gasteiger partial charge in [-0.05, 0) is 56.5 Å². The first-order chi connectivity index (χ1) is 15.8. The van der Waals surface area contributed by atoms with Crippen LogP contribution in [0.25, 0.3) is 16.9 Å². The van der Waals surface area contributed by atoms with Crippen molar-refractivity contribution in [3.63, 3.8) is 0 Å². The molecule has 172 valence electrons. The molecule has 2 atom stereocenters. The number of rotatable bonds is 5. The zero-order valence-corrected chi connectivity index (χ0v) is 22.2. The predicted molar refractivity (Wildman–Crippen MR) is 139 cm³/mol. The lowest BCUT2D eigenvalue weighted by Gasteiger charge is -2.28. The summed E-state index contributed by atoms with van der Waals surface area (Å²) in [4.78, 5) is 13.5. The molecular weight excluding hydrogens is 543 g/mol. The number of benzene rings is 2. The Morgan fingerprint density at radius 2 is 2.03 bits per heavy atom. The van der Waals surface area contributed by atoms with Crippen LogP contribution < -0.4 is 5.43 Å². The first-order valence-corrected chi connectivity index (χ1v) is 13.3. The minimum atomic E-state index is -0.189. The number of aromatic nitrogens is 2. The summed E-state index contributed by atoms with van der Waals surface area (Å²) in [5, 5.41) is 8.22. The number of fused-ring (bicyclic) bond motifs is 1. The van der Waals surface area contributed by atoms with Gasteiger partial charge in [0.2, 0.25) is 0 Å². The molecule has 3 aromatic rings. The Labute approximate surface area is 215 Å². The fourth-order valence-corrected chi connectivity index (χ4v) is 6.50. The van der Waals surface area contributed by atoms with Gasteiger partial charge in [0, 0.05) is 31.9 Å². The molecule has 0 saturated carbocycles. The van der Waals surface area contributed by atoms with Gasteiger partial charge in [0.15, 0.2) is 5.69 Å². The first-order valence-electron chi connectivity index (χ1n) is 10.9. The number of hydrogen-bond donors (Lipinski definition) is 1. The Morgan fingerprint density at radius 1 is 1.27 bits per heavy atom. The van der Waals surface area contributed by atoms with Gasteiger partial charge in [0.05, 0.1) is 21.8 Å². The summed E-state index contributed by atoms with van der Waals surface area (Å²) in [6, 6.07) is 13.3. The number of hydrogen-bond acceptors (Lipinski definition) is 4. The highest BCUT2D eigenvalue weighted by Crippen LogP contribution is 2.59. The van der Waals surface area contributed by atoms with E-state index >= 15 is 0 Å². The minimum Gasteiger partial charge on any atom is -0.282 e. The van der Waals surface area contributed by atoms with Crippen molar-refractivity contribution in [2.24, 2.45) is 0 Å². The fraction of sp³-hybridized carbons (Fsp3) is 0.333. The highest BCUT2D eigenvalue weighted by atomic mass is 79.9. The van der Waals surface area contributed by atoms with Crippen LogP contribution in [0.15, 0.2) is 46.9 Å². The third kappa shape index (κ3) is 4.34. The molecule has 5 nitrogen and oxygen atoms in total. The summed E-state index contributed by atoms with van der Waals surface area (Å²) >= 11 is 18.1. The van der Waals surface area contributed by atoms with Crippen LogP contribution in [0.4, 0.5) is 0 Å². The van der Waals surface area contributed by atoms with E-state index in [0.717, 1.165) is 34.3 Å². The first kappa shape index (κ1) is 23.2. The average Bonchev–Trinajstić information content (AvgIpc) is 3.34. The molecule has 2 aliphatic heterocycles. The van der Waals surface area contributed by atoms with Gasteiger partial charge in [-0.3, -0.25) is 10.2 Å². The number of amides is 1. The normalized spacial score (nSPS) is 22.2. The molecule has 1 N–H and O–H groups in total. The van der Waals surface area contributed by atoms with Crippen LogP contribution in [0.2, 0.25) is 10.0 Å². The Morgan fingerprint density at radius 3 is 2.73 bits per heavy atom. The molecule has 3 heterocycles. The topological polar surface area (TPSA) is 50.2 Å². The van der Waals surface area contributed by atoms with Crippen molar-refractivity contribution < 1.29 is 4.79 Å². The molecule has 2 saturated heterocycles. The summed E-state index contributed by atoms with van der Waals surface area (Å²) in [5.74, 6) is -0.189. The summed E-state index contributed by atoms with van der Waals surface area (Å²) < 4.78 is 2.99. The molecule has 2 fully saturated rings. The maximum atomic E-state index is 13.5. The molecule has 0 spiro atoms. The van der Waals surface area contributed by atoms with Crippen LogP contribution in [-0.4, -0.2) is 37.4 Å². The number of carbonyl (C=O) groups excluding carboxylic acids is 1. The fourth-order valence-electron chi connectivity index (χ4n) is 4.51. The molecule has 5 rings (SSSR count). The van der Waals surface area contributed by atoms with E-state index in [1.165, 1.54) is 6.42 Å². The van der Waals surface area contributed by atoms with Crippen molar-refractivity contribution in [2.45, 2.75) is 43.2 Å². The quantitative estimate of drug-likeness (QED) is 0.348. The third-order valence-corrected chi connectivity index (χ3v) is 9.03. The van der Waals surface area contributed by atoms with Gasteiger partial charge in [0.25, 0.3) is 5.91 Å². The number of hydrazine groups is 1. The largest absolute Gasteiger partial charge is 0.286 e. The smallest absolute Gasteiger partial charge is 0.282 e. The highest BCUT2D eigenvalue weighted by molar-refractivity contribution is 9.10. The zero-order chi connectivity index (χ0) is 23.3. The molecule has 33 heavy (non-hydrogen) atoms. The van der Waals surface area contributed by atoms with E-state index in [0.29, 0.717) is 33.2 Å². The van der Waals surface area contributed by atoms with Crippen LogP contribution in [0, 0.1) is 0 Å². The SMILES string of the molecule is CCc1c(C(=O)NN2CCC[C@]3(C)SC23)nn(-c2ccc(Cl)cc2Cl)c1-c1ccc(Br)cc1. The van der Waals surface area contributed by atoms with E-state index < -0.39 is 0 Å². The molecule has 0 aliphatic carbocycles. The van der Waals surface area contributed by atoms with Gasteiger partial charge in [0.1, 0.15) is 0 Å². The Bertz CT molecular complexity index is 1230. The van der Waals surface area contributed by atoms with Crippen LogP contribution in [0.3, 0.4) is 0 Å². The minimum absolute atomic E-state index is 0.189. The lowest BCUT2D eigenvalue weighted by molar-refractivity contribution is 0.0721. The molecular formula is C24H23BrCl2N4OS. The predicted octanol–water partition coefficient (Wildman–Crippen LogP) is 6.74. The van der Waals surface area contributed by atoms with E-state index in [1.54, 1.807) is 16.8 Å². The zero-order valence-electron chi connectivity index (χ0n) is 18.2. The molecule has 0 bridgehead atoms. The van der Waals surface area contributed by atoms with Gasteiger partial charge in [-0.25, -0.2) is 9.69 Å². The molecule has 9 heteroatoms. The highest BCUT2D eigenvalue weighted by Gasteiger charge is 2.57. The number of carbonyl (C=O) groups is 1. The summed E-state index contributed by atoms with van der Waals surface area (Å²) in [6.45, 7) is 5.16. The maximum Gasteiger partial charge on any atom is 0.286 e. The Balaban J connectivity index is 1.59. The maximum absolute atomic E-state index is 13.5. The van der Waals surface area contributed by atoms with Gasteiger partial charge in [-0.1, -0.05) is 58.2 Å². The Kier molecular flexibility index (Phi) is 6.29. The lowest BCUT2D eigenvalue weighted by Crippen LogP contribution is -2.49. The summed E-state index contributed by atoms with van der Waals surface area (Å²) in [5.41, 5.74) is 6.92. The van der Waals surface area contributed by atoms with Gasteiger partial charge in [-0.2, -0.15) is 5.10 Å². The number of nitrogens with zero attached hydrogens (tertiary/aromatic N) is 3. The number of thioether (sulfide) groups is 1. The van der Waals surface area contributed by atoms with Crippen LogP contribution in [-0.2, 0) is 6.42 Å². The second-order valence-electron chi connectivity index (χ2n) is 8.56. The van der Waals surface area contributed by atoms with E-state index in [2.05, 4.69) is 33.3 Å². The van der Waals surface area contributed by atoms with Gasteiger partial charge in [-0.15, -0.1) is 11.8 Å². The molecule has 1 aromatic heterocycles. The van der Waals surface area contributed by atoms with E-state index in [1.807, 2.05) is 49.0 Å². The van der Waals surface area contributed by atoms with Crippen LogP contribution in [0.1, 0.15) is 42.7 Å². The third-order valence-electron chi connectivity index (χ3n) is 6.25. The number of halogens is 3. The van der Waals surface area contributed by atoms with Gasteiger partial charge < -0.3 is 0 Å². The molecule has 2 aliphatic rings. The standard InChI is InChI=1S/C24H23BrCl2N4OS/c1-3-17-20(22(32)29-30-12-4-11-24(2)23(30)33-24)28-31(19-10-9-16(26)13-18(19)27)21(17)14-5-7-15(25)8-6-14/h5-10,13,23H,3-4,11-12H2,1-2H3,(H,29,32)/t23?,24-/m0/s1. The van der Waals surface area contributed by atoms with Crippen molar-refractivity contribution in [2.75, 3.05) is 6.54 Å². The second-order valence-corrected chi connectivity index (χ2v) is 11.9. The van der Waals surface area contributed by atoms with Gasteiger partial charge >= 0.3 is 0 Å². The molecule has 0 radical (unpaired) electrons. The number of nitrogens with one attached hydrogen (secondary N) is 1. The van der Waals surface area contributed by atoms with Crippen molar-refractivity contribution in [1.82, 2.24) is 20.2 Å². The molecule has 1 unspecified atom stereocenters. The van der Waals surface area contributed by atoms with Crippen molar-refractivity contribution in [3.8, 4) is 16.9 Å². The summed E-state index contributed by atoms with van der Waals surface area (Å²) in [7, 11) is 0. The van der Waals surface area contributed by atoms with E-state index in [4.69, 9.17) is 28.3 Å². The summed E-state index contributed by atoms with van der Waals surface area (Å²) in [6.07, 6.45) is 2.90. The second kappa shape index (κ2) is 8.93.